The Hall–Kier alpha value is -0.860. The van der Waals surface area contributed by atoms with Gasteiger partial charge in [-0.3, -0.25) is 0 Å². The number of ether oxygens (including phenoxy) is 1. The van der Waals surface area contributed by atoms with Crippen LogP contribution in [0.3, 0.4) is 0 Å². The average Bonchev–Trinajstić information content (AvgIpc) is 2.53. The number of sulfonamides is 1. The van der Waals surface area contributed by atoms with Crippen molar-refractivity contribution in [1.82, 2.24) is 9.62 Å². The highest BCUT2D eigenvalue weighted by Gasteiger charge is 2.30. The molecule has 1 aromatic carbocycles. The zero-order valence-electron chi connectivity index (χ0n) is 12.9. The van der Waals surface area contributed by atoms with Crippen molar-refractivity contribution in [2.75, 3.05) is 27.2 Å². The normalized spacial score (nSPS) is 16.0. The van der Waals surface area contributed by atoms with E-state index in [1.807, 2.05) is 0 Å². The van der Waals surface area contributed by atoms with Gasteiger partial charge in [0.05, 0.1) is 17.7 Å². The summed E-state index contributed by atoms with van der Waals surface area (Å²) >= 11 is 6.07. The SMILES string of the molecule is COC(=O)c1ccc(S(=O)(=O)N(C)C2CCNCC2)c(Cl)c1.Cl. The molecule has 0 atom stereocenters. The van der Waals surface area contributed by atoms with Crippen LogP contribution in [0.1, 0.15) is 23.2 Å². The van der Waals surface area contributed by atoms with Crippen LogP contribution >= 0.6 is 24.0 Å². The number of hydrogen-bond donors (Lipinski definition) is 1. The van der Waals surface area contributed by atoms with Gasteiger partial charge in [-0.1, -0.05) is 11.6 Å². The first-order chi connectivity index (χ1) is 10.4. The van der Waals surface area contributed by atoms with E-state index in [-0.39, 0.29) is 33.9 Å². The molecule has 0 radical (unpaired) electrons. The van der Waals surface area contributed by atoms with Crippen molar-refractivity contribution in [2.45, 2.75) is 23.8 Å². The van der Waals surface area contributed by atoms with Crippen LogP contribution in [-0.4, -0.2) is 52.0 Å². The van der Waals surface area contributed by atoms with E-state index in [2.05, 4.69) is 10.1 Å². The Labute approximate surface area is 147 Å². The fraction of sp³-hybridized carbons (Fsp3) is 0.500. The smallest absolute Gasteiger partial charge is 0.337 e. The number of halogens is 2. The third-order valence-electron chi connectivity index (χ3n) is 3.83. The minimum absolute atomic E-state index is 0. The number of carbonyl (C=O) groups excluding carboxylic acids is 1. The Balaban J connectivity index is 0.00000264. The van der Waals surface area contributed by atoms with Gasteiger partial charge in [0.1, 0.15) is 4.90 Å². The van der Waals surface area contributed by atoms with Gasteiger partial charge in [-0.2, -0.15) is 4.31 Å². The fourth-order valence-electron chi connectivity index (χ4n) is 2.48. The minimum atomic E-state index is -3.70. The van der Waals surface area contributed by atoms with Crippen molar-refractivity contribution in [1.29, 1.82) is 0 Å². The Morgan fingerprint density at radius 1 is 1.35 bits per heavy atom. The Morgan fingerprint density at radius 3 is 2.48 bits per heavy atom. The second-order valence-electron chi connectivity index (χ2n) is 5.14. The Kier molecular flexibility index (Phi) is 7.29. The molecular weight excluding hydrogens is 363 g/mol. The minimum Gasteiger partial charge on any atom is -0.465 e. The second-order valence-corrected chi connectivity index (χ2v) is 7.51. The van der Waals surface area contributed by atoms with Gasteiger partial charge in [-0.15, -0.1) is 12.4 Å². The largest absolute Gasteiger partial charge is 0.465 e. The molecule has 0 spiro atoms. The molecule has 1 fully saturated rings. The third-order valence-corrected chi connectivity index (χ3v) is 6.23. The van der Waals surface area contributed by atoms with Crippen LogP contribution in [0, 0.1) is 0 Å². The first kappa shape index (κ1) is 20.2. The monoisotopic (exact) mass is 382 g/mol. The Morgan fingerprint density at radius 2 is 1.96 bits per heavy atom. The summed E-state index contributed by atoms with van der Waals surface area (Å²) in [7, 11) is -0.876. The fourth-order valence-corrected chi connectivity index (χ4v) is 4.41. The molecule has 1 aliphatic rings. The van der Waals surface area contributed by atoms with Crippen LogP contribution in [0.2, 0.25) is 5.02 Å². The van der Waals surface area contributed by atoms with Crippen LogP contribution in [0.25, 0.3) is 0 Å². The van der Waals surface area contributed by atoms with E-state index < -0.39 is 16.0 Å². The number of benzene rings is 1. The second kappa shape index (κ2) is 8.30. The predicted molar refractivity (Wildman–Crippen MR) is 90.9 cm³/mol. The Bertz CT molecular complexity index is 661. The lowest BCUT2D eigenvalue weighted by Gasteiger charge is -2.31. The number of hydrogen-bond acceptors (Lipinski definition) is 5. The maximum absolute atomic E-state index is 12.7. The number of esters is 1. The maximum Gasteiger partial charge on any atom is 0.337 e. The van der Waals surface area contributed by atoms with Crippen molar-refractivity contribution < 1.29 is 17.9 Å². The summed E-state index contributed by atoms with van der Waals surface area (Å²) in [6.07, 6.45) is 1.52. The van der Waals surface area contributed by atoms with Gasteiger partial charge >= 0.3 is 5.97 Å². The molecule has 0 amide bonds. The first-order valence-corrected chi connectivity index (χ1v) is 8.76. The number of carbonyl (C=O) groups is 1. The van der Waals surface area contributed by atoms with E-state index in [1.54, 1.807) is 7.05 Å². The standard InChI is InChI=1S/C14H19ClN2O4S.ClH/c1-17(11-5-7-16-8-6-11)22(19,20)13-4-3-10(9-12(13)15)14(18)21-2;/h3-4,9,11,16H,5-8H2,1-2H3;1H. The maximum atomic E-state index is 12.7. The number of nitrogens with zero attached hydrogens (tertiary/aromatic N) is 1. The van der Waals surface area contributed by atoms with Gasteiger partial charge in [0.15, 0.2) is 0 Å². The average molecular weight is 383 g/mol. The summed E-state index contributed by atoms with van der Waals surface area (Å²) in [4.78, 5) is 11.5. The number of piperidine rings is 1. The summed E-state index contributed by atoms with van der Waals surface area (Å²) in [5.74, 6) is -0.558. The van der Waals surface area contributed by atoms with Gasteiger partial charge in [0.25, 0.3) is 0 Å². The van der Waals surface area contributed by atoms with Crippen molar-refractivity contribution >= 4 is 40.0 Å². The van der Waals surface area contributed by atoms with Crippen molar-refractivity contribution in [2.24, 2.45) is 0 Å². The molecule has 1 aliphatic heterocycles. The van der Waals surface area contributed by atoms with E-state index in [1.165, 1.54) is 29.6 Å². The molecule has 0 unspecified atom stereocenters. The first-order valence-electron chi connectivity index (χ1n) is 6.94. The van der Waals surface area contributed by atoms with Crippen LogP contribution in [0.5, 0.6) is 0 Å². The molecule has 1 heterocycles. The lowest BCUT2D eigenvalue weighted by molar-refractivity contribution is 0.0600. The van der Waals surface area contributed by atoms with Gasteiger partial charge in [0.2, 0.25) is 10.0 Å². The molecule has 2 rings (SSSR count). The van der Waals surface area contributed by atoms with E-state index in [0.29, 0.717) is 0 Å². The highest BCUT2D eigenvalue weighted by molar-refractivity contribution is 7.89. The van der Waals surface area contributed by atoms with Crippen molar-refractivity contribution in [3.63, 3.8) is 0 Å². The summed E-state index contributed by atoms with van der Waals surface area (Å²) in [5.41, 5.74) is 0.218. The predicted octanol–water partition coefficient (Wildman–Crippen LogP) is 1.92. The lowest BCUT2D eigenvalue weighted by atomic mass is 10.1. The van der Waals surface area contributed by atoms with Crippen LogP contribution in [0.4, 0.5) is 0 Å². The summed E-state index contributed by atoms with van der Waals surface area (Å²) in [6.45, 7) is 1.58. The highest BCUT2D eigenvalue weighted by atomic mass is 35.5. The number of rotatable bonds is 4. The highest BCUT2D eigenvalue weighted by Crippen LogP contribution is 2.28. The van der Waals surface area contributed by atoms with Gasteiger partial charge < -0.3 is 10.1 Å². The van der Waals surface area contributed by atoms with E-state index in [9.17, 15) is 13.2 Å². The van der Waals surface area contributed by atoms with Gasteiger partial charge in [0, 0.05) is 13.1 Å². The molecule has 130 valence electrons. The van der Waals surface area contributed by atoms with Crippen LogP contribution in [-0.2, 0) is 14.8 Å². The summed E-state index contributed by atoms with van der Waals surface area (Å²) in [6, 6.07) is 4.02. The quantitative estimate of drug-likeness (QED) is 0.805. The zero-order chi connectivity index (χ0) is 16.3. The molecule has 0 aromatic heterocycles. The van der Waals surface area contributed by atoms with Crippen molar-refractivity contribution in [3.8, 4) is 0 Å². The lowest BCUT2D eigenvalue weighted by Crippen LogP contribution is -2.43. The van der Waals surface area contributed by atoms with Gasteiger partial charge in [-0.25, -0.2) is 13.2 Å². The number of nitrogens with one attached hydrogen (secondary N) is 1. The molecule has 1 aromatic rings. The molecule has 9 heteroatoms. The summed E-state index contributed by atoms with van der Waals surface area (Å²) in [5, 5.41) is 3.22. The van der Waals surface area contributed by atoms with E-state index >= 15 is 0 Å². The zero-order valence-corrected chi connectivity index (χ0v) is 15.3. The van der Waals surface area contributed by atoms with Crippen LogP contribution in [0.15, 0.2) is 23.1 Å². The molecule has 0 saturated carbocycles. The molecular formula is C14H20Cl2N2O4S. The van der Waals surface area contributed by atoms with E-state index in [4.69, 9.17) is 11.6 Å². The van der Waals surface area contributed by atoms with Crippen molar-refractivity contribution in [3.05, 3.63) is 28.8 Å². The van der Waals surface area contributed by atoms with E-state index in [0.717, 1.165) is 25.9 Å². The number of methoxy groups -OCH3 is 1. The molecule has 1 N–H and O–H groups in total. The van der Waals surface area contributed by atoms with Gasteiger partial charge in [-0.05, 0) is 44.1 Å². The van der Waals surface area contributed by atoms with Crippen LogP contribution < -0.4 is 5.32 Å². The molecule has 0 aliphatic carbocycles. The molecule has 23 heavy (non-hydrogen) atoms. The topological polar surface area (TPSA) is 75.7 Å². The molecule has 0 bridgehead atoms. The third kappa shape index (κ3) is 4.36. The molecule has 6 nitrogen and oxygen atoms in total. The summed E-state index contributed by atoms with van der Waals surface area (Å²) < 4.78 is 31.4. The molecule has 1 saturated heterocycles.